The lowest BCUT2D eigenvalue weighted by Crippen LogP contribution is -2.14. The molecule has 3 rings (SSSR count). The van der Waals surface area contributed by atoms with Gasteiger partial charge in [-0.3, -0.25) is 4.72 Å². The topological polar surface area (TPSA) is 71.1 Å². The van der Waals surface area contributed by atoms with Gasteiger partial charge in [-0.2, -0.15) is 0 Å². The molecule has 134 valence electrons. The third-order valence-electron chi connectivity index (χ3n) is 3.69. The number of benzene rings is 2. The number of hydrogen-bond acceptors (Lipinski definition) is 4. The van der Waals surface area contributed by atoms with Gasteiger partial charge in [0.15, 0.2) is 0 Å². The van der Waals surface area contributed by atoms with E-state index >= 15 is 0 Å². The van der Waals surface area contributed by atoms with Crippen LogP contribution in [0.2, 0.25) is 5.02 Å². The fourth-order valence-corrected chi connectivity index (χ4v) is 3.72. The van der Waals surface area contributed by atoms with Crippen LogP contribution in [-0.4, -0.2) is 13.4 Å². The molecular formula is C19H18ClN3O2S. The highest BCUT2D eigenvalue weighted by atomic mass is 35.5. The van der Waals surface area contributed by atoms with Gasteiger partial charge >= 0.3 is 0 Å². The normalized spacial score (nSPS) is 11.2. The zero-order valence-electron chi connectivity index (χ0n) is 14.1. The van der Waals surface area contributed by atoms with Crippen LogP contribution < -0.4 is 10.0 Å². The predicted molar refractivity (Wildman–Crippen MR) is 105 cm³/mol. The molecule has 0 radical (unpaired) electrons. The summed E-state index contributed by atoms with van der Waals surface area (Å²) in [5, 5.41) is 3.62. The van der Waals surface area contributed by atoms with Gasteiger partial charge in [-0.05, 0) is 42.8 Å². The first-order valence-electron chi connectivity index (χ1n) is 7.96. The summed E-state index contributed by atoms with van der Waals surface area (Å²) in [5.41, 5.74) is 3.17. The molecule has 0 aliphatic rings. The van der Waals surface area contributed by atoms with Crippen LogP contribution in [0.15, 0.2) is 71.8 Å². The van der Waals surface area contributed by atoms with E-state index in [0.29, 0.717) is 11.6 Å². The van der Waals surface area contributed by atoms with Gasteiger partial charge < -0.3 is 5.32 Å². The van der Waals surface area contributed by atoms with Gasteiger partial charge in [-0.15, -0.1) is 0 Å². The number of anilines is 2. The molecule has 3 aromatic rings. The third kappa shape index (κ3) is 4.74. The Bertz CT molecular complexity index is 1010. The van der Waals surface area contributed by atoms with Crippen LogP contribution in [0, 0.1) is 6.92 Å². The minimum Gasteiger partial charge on any atom is -0.380 e. The quantitative estimate of drug-likeness (QED) is 0.655. The summed E-state index contributed by atoms with van der Waals surface area (Å²) in [7, 11) is -3.73. The Balaban J connectivity index is 1.66. The van der Waals surface area contributed by atoms with Crippen molar-refractivity contribution >= 4 is 33.1 Å². The van der Waals surface area contributed by atoms with Crippen LogP contribution in [0.3, 0.4) is 0 Å². The molecular weight excluding hydrogens is 370 g/mol. The van der Waals surface area contributed by atoms with Crippen LogP contribution in [-0.2, 0) is 16.6 Å². The van der Waals surface area contributed by atoms with Crippen LogP contribution in [0.5, 0.6) is 0 Å². The number of nitrogens with zero attached hydrogens (tertiary/aromatic N) is 1. The molecule has 5 nitrogen and oxygen atoms in total. The van der Waals surface area contributed by atoms with Crippen molar-refractivity contribution in [1.29, 1.82) is 0 Å². The number of halogens is 1. The molecule has 0 aliphatic heterocycles. The van der Waals surface area contributed by atoms with Crippen molar-refractivity contribution in [2.24, 2.45) is 0 Å². The summed E-state index contributed by atoms with van der Waals surface area (Å²) in [4.78, 5) is 4.25. The van der Waals surface area contributed by atoms with Crippen molar-refractivity contribution in [3.63, 3.8) is 0 Å². The Morgan fingerprint density at radius 1 is 1.04 bits per heavy atom. The number of aryl methyl sites for hydroxylation is 1. The van der Waals surface area contributed by atoms with Gasteiger partial charge in [0.05, 0.1) is 16.8 Å². The molecule has 0 amide bonds. The van der Waals surface area contributed by atoms with Crippen molar-refractivity contribution in [3.8, 4) is 0 Å². The Morgan fingerprint density at radius 2 is 1.85 bits per heavy atom. The predicted octanol–water partition coefficient (Wildman–Crippen LogP) is 4.46. The highest BCUT2D eigenvalue weighted by Crippen LogP contribution is 2.19. The molecule has 7 heteroatoms. The standard InChI is InChI=1S/C19H18ClN3O2S/c1-14-4-2-5-15(10-14)12-21-17-8-9-19(22-13-17)23-26(24,25)18-7-3-6-16(20)11-18/h2-11,13,21H,12H2,1H3,(H,22,23). The van der Waals surface area contributed by atoms with Crippen molar-refractivity contribution in [2.75, 3.05) is 10.0 Å². The second-order valence-corrected chi connectivity index (χ2v) is 7.96. The van der Waals surface area contributed by atoms with Gasteiger partial charge in [-0.25, -0.2) is 13.4 Å². The molecule has 0 spiro atoms. The lowest BCUT2D eigenvalue weighted by atomic mass is 10.1. The van der Waals surface area contributed by atoms with E-state index < -0.39 is 10.0 Å². The van der Waals surface area contributed by atoms with Crippen molar-refractivity contribution < 1.29 is 8.42 Å². The van der Waals surface area contributed by atoms with Crippen molar-refractivity contribution in [2.45, 2.75) is 18.4 Å². The molecule has 1 aromatic heterocycles. The van der Waals surface area contributed by atoms with E-state index in [1.165, 1.54) is 17.7 Å². The van der Waals surface area contributed by atoms with E-state index in [-0.39, 0.29) is 10.7 Å². The summed E-state index contributed by atoms with van der Waals surface area (Å²) in [6.07, 6.45) is 1.59. The van der Waals surface area contributed by atoms with Crippen LogP contribution in [0.1, 0.15) is 11.1 Å². The molecule has 26 heavy (non-hydrogen) atoms. The molecule has 2 N–H and O–H groups in total. The van der Waals surface area contributed by atoms with E-state index in [2.05, 4.69) is 21.1 Å². The van der Waals surface area contributed by atoms with E-state index in [1.54, 1.807) is 30.5 Å². The van der Waals surface area contributed by atoms with Crippen molar-refractivity contribution in [1.82, 2.24) is 4.98 Å². The first kappa shape index (κ1) is 18.2. The number of rotatable bonds is 6. The van der Waals surface area contributed by atoms with E-state index in [4.69, 9.17) is 11.6 Å². The third-order valence-corrected chi connectivity index (χ3v) is 5.28. The molecule has 0 atom stereocenters. The first-order valence-corrected chi connectivity index (χ1v) is 9.82. The maximum absolute atomic E-state index is 12.4. The van der Waals surface area contributed by atoms with Gasteiger partial charge in [0.1, 0.15) is 5.82 Å². The summed E-state index contributed by atoms with van der Waals surface area (Å²) in [5.74, 6) is 0.242. The second-order valence-electron chi connectivity index (χ2n) is 5.84. The maximum Gasteiger partial charge on any atom is 0.263 e. The summed E-state index contributed by atoms with van der Waals surface area (Å²) in [6, 6.07) is 17.7. The molecule has 0 bridgehead atoms. The Hall–Kier alpha value is -2.57. The van der Waals surface area contributed by atoms with Gasteiger partial charge in [0, 0.05) is 11.6 Å². The number of hydrogen-bond donors (Lipinski definition) is 2. The average Bonchev–Trinajstić information content (AvgIpc) is 2.61. The first-order chi connectivity index (χ1) is 12.4. The van der Waals surface area contributed by atoms with E-state index in [1.807, 2.05) is 25.1 Å². The fraction of sp³-hybridized carbons (Fsp3) is 0.105. The lowest BCUT2D eigenvalue weighted by Gasteiger charge is -2.10. The average molecular weight is 388 g/mol. The van der Waals surface area contributed by atoms with Crippen LogP contribution >= 0.6 is 11.6 Å². The minimum absolute atomic E-state index is 0.0912. The Labute approximate surface area is 158 Å². The second kappa shape index (κ2) is 7.76. The van der Waals surface area contributed by atoms with Gasteiger partial charge in [0.25, 0.3) is 10.0 Å². The summed E-state index contributed by atoms with van der Waals surface area (Å²) < 4.78 is 27.2. The fourth-order valence-electron chi connectivity index (χ4n) is 2.42. The zero-order valence-corrected chi connectivity index (χ0v) is 15.7. The molecule has 0 fully saturated rings. The lowest BCUT2D eigenvalue weighted by molar-refractivity contribution is 0.601. The number of sulfonamides is 1. The number of aromatic nitrogens is 1. The zero-order chi connectivity index (χ0) is 18.6. The molecule has 0 unspecified atom stereocenters. The van der Waals surface area contributed by atoms with Crippen LogP contribution in [0.25, 0.3) is 0 Å². The Morgan fingerprint density at radius 3 is 2.54 bits per heavy atom. The highest BCUT2D eigenvalue weighted by Gasteiger charge is 2.15. The van der Waals surface area contributed by atoms with Crippen molar-refractivity contribution in [3.05, 3.63) is 83.0 Å². The molecule has 0 aliphatic carbocycles. The SMILES string of the molecule is Cc1cccc(CNc2ccc(NS(=O)(=O)c3cccc(Cl)c3)nc2)c1. The van der Waals surface area contributed by atoms with E-state index in [9.17, 15) is 8.42 Å². The number of nitrogens with one attached hydrogen (secondary N) is 2. The maximum atomic E-state index is 12.4. The Kier molecular flexibility index (Phi) is 5.44. The largest absolute Gasteiger partial charge is 0.380 e. The smallest absolute Gasteiger partial charge is 0.263 e. The molecule has 2 aromatic carbocycles. The van der Waals surface area contributed by atoms with Gasteiger partial charge in [0.2, 0.25) is 0 Å². The summed E-state index contributed by atoms with van der Waals surface area (Å²) >= 11 is 5.85. The van der Waals surface area contributed by atoms with E-state index in [0.717, 1.165) is 11.3 Å². The van der Waals surface area contributed by atoms with Gasteiger partial charge in [-0.1, -0.05) is 47.5 Å². The summed E-state index contributed by atoms with van der Waals surface area (Å²) in [6.45, 7) is 2.71. The van der Waals surface area contributed by atoms with Crippen LogP contribution in [0.4, 0.5) is 11.5 Å². The molecule has 0 saturated carbocycles. The minimum atomic E-state index is -3.73. The highest BCUT2D eigenvalue weighted by molar-refractivity contribution is 7.92. The molecule has 1 heterocycles. The molecule has 0 saturated heterocycles. The monoisotopic (exact) mass is 387 g/mol. The number of pyridine rings is 1.